The fourth-order valence-electron chi connectivity index (χ4n) is 9.00. The number of amides is 2. The molecule has 1 aliphatic carbocycles. The number of piperidine rings is 1. The van der Waals surface area contributed by atoms with Crippen LogP contribution in [0.15, 0.2) is 78.9 Å². The first-order valence-corrected chi connectivity index (χ1v) is 21.2. The molecule has 3 aliphatic heterocycles. The molecule has 3 N–H and O–H groups in total. The van der Waals surface area contributed by atoms with Gasteiger partial charge < -0.3 is 35.2 Å². The van der Waals surface area contributed by atoms with Crippen LogP contribution in [0.4, 0.5) is 11.4 Å². The highest BCUT2D eigenvalue weighted by atomic mass is 32.2. The second-order valence-corrected chi connectivity index (χ2v) is 18.3. The number of ether oxygens (including phenoxy) is 2. The molecule has 11 heteroatoms. The quantitative estimate of drug-likeness (QED) is 0.192. The van der Waals surface area contributed by atoms with Crippen molar-refractivity contribution in [3.63, 3.8) is 0 Å². The van der Waals surface area contributed by atoms with Crippen LogP contribution in [0, 0.1) is 17.8 Å². The number of nitrogens with zero attached hydrogens (tertiary/aromatic N) is 2. The van der Waals surface area contributed by atoms with Crippen LogP contribution in [-0.4, -0.2) is 84.7 Å². The van der Waals surface area contributed by atoms with Gasteiger partial charge in [0.2, 0.25) is 5.91 Å². The Kier molecular flexibility index (Phi) is 13.7. The van der Waals surface area contributed by atoms with Crippen LogP contribution >= 0.6 is 11.8 Å². The second kappa shape index (κ2) is 18.5. The lowest BCUT2D eigenvalue weighted by Crippen LogP contribution is -2.64. The first-order valence-electron chi connectivity index (χ1n) is 20.3. The molecule has 0 bridgehead atoms. The molecule has 1 saturated carbocycles. The molecular formula is C45H61N5O5S. The number of hydrogen-bond donors (Lipinski definition) is 3. The molecule has 3 heterocycles. The van der Waals surface area contributed by atoms with Gasteiger partial charge in [0.25, 0.3) is 5.91 Å². The van der Waals surface area contributed by atoms with E-state index in [1.807, 2.05) is 60.7 Å². The number of likely N-dealkylation sites (N-methyl/N-ethyl adjacent to an activating group) is 1. The molecular weight excluding hydrogens is 723 g/mol. The fourth-order valence-corrected chi connectivity index (χ4v) is 10.8. The van der Waals surface area contributed by atoms with E-state index in [0.29, 0.717) is 12.2 Å². The molecule has 7 rings (SSSR count). The summed E-state index contributed by atoms with van der Waals surface area (Å²) in [4.78, 5) is 42.9. The molecule has 302 valence electrons. The van der Waals surface area contributed by atoms with Gasteiger partial charge in [0.1, 0.15) is 12.4 Å². The van der Waals surface area contributed by atoms with Crippen molar-refractivity contribution in [2.45, 2.75) is 94.5 Å². The SMILES string of the molecule is CN1CCN(c2ccccc2NC(=O)c2ccc(OCc3ccccc3)cc2)CC1.COC(=O)C1C(NC(=O)C2CCCCC2)SC2C1CC(C)(C)NC2(C)C. The summed E-state index contributed by atoms with van der Waals surface area (Å²) in [6, 6.07) is 25.3. The van der Waals surface area contributed by atoms with Crippen molar-refractivity contribution in [3.8, 4) is 5.75 Å². The summed E-state index contributed by atoms with van der Waals surface area (Å²) in [5.74, 6) is 0.595. The fraction of sp³-hybridized carbons (Fsp3) is 0.533. The first kappa shape index (κ1) is 41.6. The van der Waals surface area contributed by atoms with Crippen molar-refractivity contribution in [1.82, 2.24) is 15.5 Å². The van der Waals surface area contributed by atoms with Gasteiger partial charge in [-0.1, -0.05) is 61.7 Å². The van der Waals surface area contributed by atoms with Gasteiger partial charge in [-0.15, -0.1) is 11.8 Å². The van der Waals surface area contributed by atoms with Crippen LogP contribution in [0.5, 0.6) is 5.75 Å². The minimum Gasteiger partial charge on any atom is -0.489 e. The Bertz CT molecular complexity index is 1770. The van der Waals surface area contributed by atoms with Crippen LogP contribution in [0.2, 0.25) is 0 Å². The smallest absolute Gasteiger partial charge is 0.311 e. The number of benzene rings is 3. The third kappa shape index (κ3) is 10.5. The lowest BCUT2D eigenvalue weighted by atomic mass is 9.70. The third-order valence-corrected chi connectivity index (χ3v) is 13.6. The number of carbonyl (C=O) groups excluding carboxylic acids is 3. The van der Waals surface area contributed by atoms with Crippen molar-refractivity contribution in [2.24, 2.45) is 17.8 Å². The van der Waals surface area contributed by atoms with Crippen molar-refractivity contribution in [3.05, 3.63) is 90.0 Å². The van der Waals surface area contributed by atoms with Gasteiger partial charge in [-0.25, -0.2) is 0 Å². The van der Waals surface area contributed by atoms with Crippen LogP contribution in [0.3, 0.4) is 0 Å². The standard InChI is InChI=1S/C25H27N3O2.C20H34N2O3S/c1-27-15-17-28(18-16-27)24-10-6-5-9-23(24)26-25(29)21-11-13-22(14-12-21)30-19-20-7-3-2-4-8-20;1-19(2)11-13-14(18(24)25-5)17(26-15(13)20(3,4)22-19)21-16(23)12-9-7-6-8-10-12/h2-14H,15-19H2,1H3,(H,26,29);12-15,17,22H,6-11H2,1-5H3,(H,21,23). The van der Waals surface area contributed by atoms with Gasteiger partial charge in [0.05, 0.1) is 29.8 Å². The number of anilines is 2. The number of para-hydroxylation sites is 2. The summed E-state index contributed by atoms with van der Waals surface area (Å²) in [6.45, 7) is 13.3. The van der Waals surface area contributed by atoms with Crippen molar-refractivity contribution in [2.75, 3.05) is 50.6 Å². The number of hydrogen-bond acceptors (Lipinski definition) is 9. The molecule has 3 saturated heterocycles. The van der Waals surface area contributed by atoms with Gasteiger partial charge in [-0.2, -0.15) is 0 Å². The van der Waals surface area contributed by atoms with E-state index in [4.69, 9.17) is 9.47 Å². The molecule has 4 atom stereocenters. The zero-order chi connectivity index (χ0) is 39.9. The molecule has 4 unspecified atom stereocenters. The predicted octanol–water partition coefficient (Wildman–Crippen LogP) is 7.35. The van der Waals surface area contributed by atoms with Gasteiger partial charge in [-0.3, -0.25) is 14.4 Å². The maximum atomic E-state index is 12.8. The summed E-state index contributed by atoms with van der Waals surface area (Å²) in [5, 5.41) is 10.1. The first-order chi connectivity index (χ1) is 26.8. The van der Waals surface area contributed by atoms with E-state index in [0.717, 1.165) is 81.0 Å². The second-order valence-electron chi connectivity index (χ2n) is 17.0. The largest absolute Gasteiger partial charge is 0.489 e. The highest BCUT2D eigenvalue weighted by Gasteiger charge is 2.58. The average molecular weight is 784 g/mol. The van der Waals surface area contributed by atoms with Crippen LogP contribution < -0.4 is 25.6 Å². The Morgan fingerprint density at radius 2 is 1.52 bits per heavy atom. The van der Waals surface area contributed by atoms with Crippen molar-refractivity contribution >= 4 is 40.9 Å². The molecule has 0 spiro atoms. The van der Waals surface area contributed by atoms with E-state index in [2.05, 4.69) is 66.6 Å². The monoisotopic (exact) mass is 783 g/mol. The zero-order valence-electron chi connectivity index (χ0n) is 34.0. The van der Waals surface area contributed by atoms with E-state index in [9.17, 15) is 14.4 Å². The van der Waals surface area contributed by atoms with Crippen molar-refractivity contribution < 1.29 is 23.9 Å². The summed E-state index contributed by atoms with van der Waals surface area (Å²) < 4.78 is 11.0. The molecule has 0 radical (unpaired) electrons. The Hall–Kier alpha value is -4.06. The van der Waals surface area contributed by atoms with Gasteiger partial charge in [0.15, 0.2) is 0 Å². The maximum absolute atomic E-state index is 12.8. The maximum Gasteiger partial charge on any atom is 0.311 e. The Morgan fingerprint density at radius 3 is 2.20 bits per heavy atom. The minimum atomic E-state index is -0.275. The Morgan fingerprint density at radius 1 is 0.857 bits per heavy atom. The predicted molar refractivity (Wildman–Crippen MR) is 226 cm³/mol. The number of thioether (sulfide) groups is 1. The van der Waals surface area contributed by atoms with E-state index in [1.165, 1.54) is 13.5 Å². The van der Waals surface area contributed by atoms with Crippen LogP contribution in [0.25, 0.3) is 0 Å². The van der Waals surface area contributed by atoms with Crippen LogP contribution in [-0.2, 0) is 20.9 Å². The number of fused-ring (bicyclic) bond motifs is 1. The number of methoxy groups -OCH3 is 1. The molecule has 3 aromatic rings. The van der Waals surface area contributed by atoms with Crippen LogP contribution in [0.1, 0.15) is 82.1 Å². The van der Waals surface area contributed by atoms with E-state index in [1.54, 1.807) is 23.9 Å². The highest BCUT2D eigenvalue weighted by molar-refractivity contribution is 8.00. The summed E-state index contributed by atoms with van der Waals surface area (Å²) >= 11 is 1.75. The third-order valence-electron chi connectivity index (χ3n) is 11.7. The normalized spacial score (nSPS) is 24.5. The molecule has 0 aromatic heterocycles. The summed E-state index contributed by atoms with van der Waals surface area (Å²) in [6.07, 6.45) is 6.34. The molecule has 3 aromatic carbocycles. The Labute approximate surface area is 337 Å². The lowest BCUT2D eigenvalue weighted by Gasteiger charge is -2.50. The molecule has 2 amide bonds. The molecule has 10 nitrogen and oxygen atoms in total. The average Bonchev–Trinajstić information content (AvgIpc) is 3.55. The Balaban J connectivity index is 0.000000192. The zero-order valence-corrected chi connectivity index (χ0v) is 34.8. The van der Waals surface area contributed by atoms with Crippen molar-refractivity contribution in [1.29, 1.82) is 0 Å². The lowest BCUT2D eigenvalue weighted by molar-refractivity contribution is -0.148. The van der Waals surface area contributed by atoms with Gasteiger partial charge in [-0.05, 0) is 102 Å². The number of esters is 1. The topological polar surface area (TPSA) is 112 Å². The number of rotatable bonds is 9. The molecule has 4 fully saturated rings. The summed E-state index contributed by atoms with van der Waals surface area (Å²) in [7, 11) is 3.59. The van der Waals surface area contributed by atoms with E-state index in [-0.39, 0.29) is 57.2 Å². The molecule has 4 aliphatic rings. The molecule has 56 heavy (non-hydrogen) atoms. The number of piperazine rings is 1. The number of nitrogens with one attached hydrogen (secondary N) is 3. The summed E-state index contributed by atoms with van der Waals surface area (Å²) in [5.41, 5.74) is 3.49. The van der Waals surface area contributed by atoms with Gasteiger partial charge in [0, 0.05) is 54.0 Å². The number of carbonyl (C=O) groups is 3. The van der Waals surface area contributed by atoms with Gasteiger partial charge >= 0.3 is 5.97 Å². The van der Waals surface area contributed by atoms with E-state index >= 15 is 0 Å². The van der Waals surface area contributed by atoms with E-state index < -0.39 is 0 Å². The minimum absolute atomic E-state index is 0.0419. The highest BCUT2D eigenvalue weighted by Crippen LogP contribution is 2.53.